The first kappa shape index (κ1) is 19.8. The largest absolute Gasteiger partial charge is 0.494 e. The molecule has 3 aromatic carbocycles. The number of rotatable bonds is 7. The lowest BCUT2D eigenvalue weighted by Crippen LogP contribution is -2.30. The lowest BCUT2D eigenvalue weighted by atomic mass is 10.0. The molecule has 1 amide bonds. The summed E-state index contributed by atoms with van der Waals surface area (Å²) in [4.78, 5) is 34.5. The van der Waals surface area contributed by atoms with E-state index >= 15 is 0 Å². The number of hydrogen-bond donors (Lipinski definition) is 1. The van der Waals surface area contributed by atoms with Crippen LogP contribution >= 0.6 is 0 Å². The van der Waals surface area contributed by atoms with Gasteiger partial charge in [0, 0.05) is 6.07 Å². The Hall–Kier alpha value is -3.94. The fourth-order valence-electron chi connectivity index (χ4n) is 2.87. The van der Waals surface area contributed by atoms with Crippen molar-refractivity contribution in [2.24, 2.45) is 0 Å². The van der Waals surface area contributed by atoms with E-state index in [0.29, 0.717) is 11.8 Å². The normalized spacial score (nSPS) is 11.5. The predicted octanol–water partition coefficient (Wildman–Crippen LogP) is 3.98. The first-order valence-electron chi connectivity index (χ1n) is 8.71. The van der Waals surface area contributed by atoms with Crippen LogP contribution < -0.4 is 14.8 Å². The third kappa shape index (κ3) is 4.16. The van der Waals surface area contributed by atoms with E-state index in [1.165, 1.54) is 32.2 Å². The molecule has 0 bridgehead atoms. The summed E-state index contributed by atoms with van der Waals surface area (Å²) in [7, 11) is 1.35. The van der Waals surface area contributed by atoms with Gasteiger partial charge in [-0.1, -0.05) is 30.3 Å². The van der Waals surface area contributed by atoms with Crippen LogP contribution in [-0.4, -0.2) is 30.3 Å². The number of methoxy groups -OCH3 is 1. The number of nitrogens with one attached hydrogen (secondary N) is 1. The van der Waals surface area contributed by atoms with E-state index in [0.717, 1.165) is 10.8 Å². The van der Waals surface area contributed by atoms with Crippen molar-refractivity contribution in [1.82, 2.24) is 0 Å². The smallest absolute Gasteiger partial charge is 0.273 e. The molecular weight excluding hydrogens is 376 g/mol. The number of ether oxygens (including phenoxy) is 2. The van der Waals surface area contributed by atoms with Gasteiger partial charge in [-0.15, -0.1) is 0 Å². The summed E-state index contributed by atoms with van der Waals surface area (Å²) in [5, 5.41) is 15.1. The third-order valence-electron chi connectivity index (χ3n) is 4.38. The topological polar surface area (TPSA) is 108 Å². The molecule has 0 spiro atoms. The Morgan fingerprint density at radius 3 is 2.59 bits per heavy atom. The summed E-state index contributed by atoms with van der Waals surface area (Å²) in [6, 6.07) is 14.7. The first-order valence-corrected chi connectivity index (χ1v) is 8.71. The maximum absolute atomic E-state index is 12.6. The summed E-state index contributed by atoms with van der Waals surface area (Å²) in [6.07, 6.45) is -0.239. The van der Waals surface area contributed by atoms with Crippen LogP contribution in [0.15, 0.2) is 54.6 Å². The number of nitrogens with zero attached hydrogens (tertiary/aromatic N) is 1. The van der Waals surface area contributed by atoms with Crippen LogP contribution in [0.25, 0.3) is 10.8 Å². The SMILES string of the molecule is COc1cc([N+](=O)[O-])ccc1NC(=O)[C@H](C)Oc1ccc2ccccc2c1C=O. The molecule has 8 heteroatoms. The molecule has 0 fully saturated rings. The van der Waals surface area contributed by atoms with Gasteiger partial charge in [-0.3, -0.25) is 19.7 Å². The number of nitro groups is 1. The zero-order chi connectivity index (χ0) is 21.0. The molecule has 0 unspecified atom stereocenters. The molecule has 8 nitrogen and oxygen atoms in total. The van der Waals surface area contributed by atoms with E-state index < -0.39 is 16.9 Å². The van der Waals surface area contributed by atoms with Crippen LogP contribution in [0.5, 0.6) is 11.5 Å². The lowest BCUT2D eigenvalue weighted by molar-refractivity contribution is -0.384. The standard InChI is InChI=1S/C21H18N2O6/c1-13(21(25)22-18-9-8-15(23(26)27)11-20(18)28-2)29-19-10-7-14-5-3-4-6-16(14)17(19)12-24/h3-13H,1-2H3,(H,22,25)/t13-/m0/s1. The average molecular weight is 394 g/mol. The zero-order valence-electron chi connectivity index (χ0n) is 15.7. The molecule has 3 aromatic rings. The number of non-ortho nitro benzene ring substituents is 1. The number of fused-ring (bicyclic) bond motifs is 1. The number of nitro benzene ring substituents is 1. The highest BCUT2D eigenvalue weighted by Crippen LogP contribution is 2.30. The average Bonchev–Trinajstić information content (AvgIpc) is 2.73. The van der Waals surface area contributed by atoms with Crippen LogP contribution in [-0.2, 0) is 4.79 Å². The monoisotopic (exact) mass is 394 g/mol. The van der Waals surface area contributed by atoms with E-state index in [4.69, 9.17) is 9.47 Å². The summed E-state index contributed by atoms with van der Waals surface area (Å²) in [5.41, 5.74) is 0.472. The van der Waals surface area contributed by atoms with Crippen LogP contribution in [0.4, 0.5) is 11.4 Å². The minimum Gasteiger partial charge on any atom is -0.494 e. The molecule has 0 aliphatic rings. The number of carbonyl (C=O) groups is 2. The summed E-state index contributed by atoms with van der Waals surface area (Å²) in [6.45, 7) is 1.54. The molecule has 29 heavy (non-hydrogen) atoms. The van der Waals surface area contributed by atoms with Crippen molar-refractivity contribution in [2.45, 2.75) is 13.0 Å². The van der Waals surface area contributed by atoms with Gasteiger partial charge in [-0.25, -0.2) is 0 Å². The minimum absolute atomic E-state index is 0.152. The number of anilines is 1. The van der Waals surface area contributed by atoms with Gasteiger partial charge in [-0.05, 0) is 29.8 Å². The van der Waals surface area contributed by atoms with E-state index in [-0.39, 0.29) is 22.9 Å². The Kier molecular flexibility index (Phi) is 5.73. The molecule has 148 valence electrons. The highest BCUT2D eigenvalue weighted by molar-refractivity contribution is 6.01. The highest BCUT2D eigenvalue weighted by atomic mass is 16.6. The van der Waals surface area contributed by atoms with Crippen LogP contribution in [0.3, 0.4) is 0 Å². The quantitative estimate of drug-likeness (QED) is 0.369. The lowest BCUT2D eigenvalue weighted by Gasteiger charge is -2.17. The van der Waals surface area contributed by atoms with Crippen molar-refractivity contribution in [2.75, 3.05) is 12.4 Å². The van der Waals surface area contributed by atoms with Crippen LogP contribution in [0.2, 0.25) is 0 Å². The Labute approximate surface area is 166 Å². The number of benzene rings is 3. The third-order valence-corrected chi connectivity index (χ3v) is 4.38. The van der Waals surface area contributed by atoms with Crippen LogP contribution in [0.1, 0.15) is 17.3 Å². The Bertz CT molecular complexity index is 1100. The second kappa shape index (κ2) is 8.39. The maximum Gasteiger partial charge on any atom is 0.273 e. The van der Waals surface area contributed by atoms with Gasteiger partial charge in [0.15, 0.2) is 12.4 Å². The molecule has 3 rings (SSSR count). The molecular formula is C21H18N2O6. The predicted molar refractivity (Wildman–Crippen MR) is 108 cm³/mol. The van der Waals surface area contributed by atoms with Gasteiger partial charge < -0.3 is 14.8 Å². The van der Waals surface area contributed by atoms with E-state index in [1.54, 1.807) is 12.1 Å². The Balaban J connectivity index is 1.80. The van der Waals surface area contributed by atoms with E-state index in [1.807, 2.05) is 24.3 Å². The molecule has 0 saturated carbocycles. The van der Waals surface area contributed by atoms with Crippen molar-refractivity contribution in [3.05, 3.63) is 70.3 Å². The Morgan fingerprint density at radius 2 is 1.90 bits per heavy atom. The van der Waals surface area contributed by atoms with Crippen molar-refractivity contribution in [3.63, 3.8) is 0 Å². The zero-order valence-corrected chi connectivity index (χ0v) is 15.7. The van der Waals surface area contributed by atoms with Crippen molar-refractivity contribution >= 4 is 34.3 Å². The molecule has 0 aliphatic heterocycles. The number of amides is 1. The van der Waals surface area contributed by atoms with Gasteiger partial charge in [0.2, 0.25) is 0 Å². The molecule has 0 radical (unpaired) electrons. The molecule has 0 aromatic heterocycles. The van der Waals surface area contributed by atoms with Gasteiger partial charge in [0.05, 0.1) is 29.4 Å². The molecule has 1 atom stereocenters. The van der Waals surface area contributed by atoms with Crippen molar-refractivity contribution in [1.29, 1.82) is 0 Å². The van der Waals surface area contributed by atoms with Gasteiger partial charge in [-0.2, -0.15) is 0 Å². The fourth-order valence-corrected chi connectivity index (χ4v) is 2.87. The number of hydrogen-bond acceptors (Lipinski definition) is 6. The second-order valence-corrected chi connectivity index (χ2v) is 6.21. The van der Waals surface area contributed by atoms with Gasteiger partial charge >= 0.3 is 0 Å². The summed E-state index contributed by atoms with van der Waals surface area (Å²) >= 11 is 0. The highest BCUT2D eigenvalue weighted by Gasteiger charge is 2.20. The Morgan fingerprint density at radius 1 is 1.14 bits per heavy atom. The molecule has 0 heterocycles. The number of carbonyl (C=O) groups excluding carboxylic acids is 2. The second-order valence-electron chi connectivity index (χ2n) is 6.21. The van der Waals surface area contributed by atoms with E-state index in [2.05, 4.69) is 5.32 Å². The van der Waals surface area contributed by atoms with Crippen molar-refractivity contribution in [3.8, 4) is 11.5 Å². The van der Waals surface area contributed by atoms with Gasteiger partial charge in [0.25, 0.3) is 11.6 Å². The maximum atomic E-state index is 12.6. The van der Waals surface area contributed by atoms with Crippen molar-refractivity contribution < 1.29 is 24.0 Å². The van der Waals surface area contributed by atoms with Gasteiger partial charge in [0.1, 0.15) is 11.5 Å². The molecule has 0 saturated heterocycles. The molecule has 0 aliphatic carbocycles. The first-order chi connectivity index (χ1) is 13.9. The van der Waals surface area contributed by atoms with E-state index in [9.17, 15) is 19.7 Å². The minimum atomic E-state index is -0.935. The van der Waals surface area contributed by atoms with Crippen LogP contribution in [0, 0.1) is 10.1 Å². The summed E-state index contributed by atoms with van der Waals surface area (Å²) in [5.74, 6) is -0.0572. The fraction of sp³-hybridized carbons (Fsp3) is 0.143. The number of aldehydes is 1. The molecule has 1 N–H and O–H groups in total. The summed E-state index contributed by atoms with van der Waals surface area (Å²) < 4.78 is 10.8.